The highest BCUT2D eigenvalue weighted by molar-refractivity contribution is 7.99. The first-order valence-corrected chi connectivity index (χ1v) is 10.3. The van der Waals surface area contributed by atoms with Gasteiger partial charge in [0, 0.05) is 22.4 Å². The number of fused-ring (bicyclic) bond motifs is 2. The Bertz CT molecular complexity index is 724. The number of rotatable bonds is 6. The number of ether oxygens (including phenoxy) is 1. The van der Waals surface area contributed by atoms with Crippen molar-refractivity contribution in [1.29, 1.82) is 0 Å². The summed E-state index contributed by atoms with van der Waals surface area (Å²) in [5, 5.41) is 2.61. The fourth-order valence-corrected chi connectivity index (χ4v) is 4.46. The summed E-state index contributed by atoms with van der Waals surface area (Å²) < 4.78 is 30.0. The number of benzene rings is 1. The number of nitrogens with one attached hydrogen (secondary N) is 1. The minimum Gasteiger partial charge on any atom is -0.452 e. The van der Waals surface area contributed by atoms with Crippen LogP contribution in [0.4, 0.5) is 14.5 Å². The number of anilines is 1. The molecule has 1 N–H and O–H groups in total. The molecule has 4 atom stereocenters. The number of amides is 1. The second-order valence-electron chi connectivity index (χ2n) is 7.37. The molecule has 0 saturated heterocycles. The van der Waals surface area contributed by atoms with Crippen LogP contribution in [0.3, 0.4) is 0 Å². The summed E-state index contributed by atoms with van der Waals surface area (Å²) in [6.07, 6.45) is 2.71. The highest BCUT2D eigenvalue weighted by Gasteiger charge is 2.42. The van der Waals surface area contributed by atoms with Gasteiger partial charge in [0.25, 0.3) is 11.7 Å². The molecule has 1 amide bonds. The van der Waals surface area contributed by atoms with Crippen molar-refractivity contribution in [3.63, 3.8) is 0 Å². The maximum Gasteiger partial charge on any atom is 0.309 e. The third-order valence-electron chi connectivity index (χ3n) is 5.39. The van der Waals surface area contributed by atoms with E-state index in [-0.39, 0.29) is 23.5 Å². The molecule has 2 aliphatic rings. The van der Waals surface area contributed by atoms with Gasteiger partial charge in [0.05, 0.1) is 5.92 Å². The minimum atomic E-state index is -2.51. The third kappa shape index (κ3) is 5.10. The van der Waals surface area contributed by atoms with E-state index in [2.05, 4.69) is 5.32 Å². The van der Waals surface area contributed by atoms with Crippen molar-refractivity contribution in [3.05, 3.63) is 24.3 Å². The molecule has 2 aliphatic carbocycles. The van der Waals surface area contributed by atoms with E-state index in [1.165, 1.54) is 31.2 Å². The molecular weight excluding hydrogens is 388 g/mol. The van der Waals surface area contributed by atoms with Gasteiger partial charge in [0.15, 0.2) is 6.10 Å². The molecule has 0 aliphatic heterocycles. The Balaban J connectivity index is 1.51. The summed E-state index contributed by atoms with van der Waals surface area (Å²) in [6.45, 7) is 1.49. The monoisotopic (exact) mass is 411 g/mol. The first kappa shape index (κ1) is 20.8. The SMILES string of the molecule is C[C@H](OC(=O)C1C[C@H]2CCC[C@@H](C1)C2=O)C(=O)Nc1ccc(SC(F)F)cc1. The van der Waals surface area contributed by atoms with Gasteiger partial charge in [-0.3, -0.25) is 14.4 Å². The van der Waals surface area contributed by atoms with Crippen molar-refractivity contribution < 1.29 is 27.9 Å². The summed E-state index contributed by atoms with van der Waals surface area (Å²) in [5.74, 6) is -3.61. The molecule has 1 aromatic carbocycles. The molecule has 28 heavy (non-hydrogen) atoms. The number of halogens is 2. The van der Waals surface area contributed by atoms with Gasteiger partial charge < -0.3 is 10.1 Å². The quantitative estimate of drug-likeness (QED) is 0.559. The lowest BCUT2D eigenvalue weighted by Crippen LogP contribution is -2.41. The maximum absolute atomic E-state index is 12.5. The Morgan fingerprint density at radius 2 is 1.75 bits per heavy atom. The molecule has 0 spiro atoms. The number of alkyl halides is 2. The van der Waals surface area contributed by atoms with Crippen LogP contribution in [-0.4, -0.2) is 29.5 Å². The Hall–Kier alpha value is -1.96. The molecule has 3 rings (SSSR count). The average molecular weight is 411 g/mol. The smallest absolute Gasteiger partial charge is 0.309 e. The van der Waals surface area contributed by atoms with E-state index in [1.54, 1.807) is 0 Å². The van der Waals surface area contributed by atoms with E-state index in [0.717, 1.165) is 19.3 Å². The molecule has 1 aromatic rings. The standard InChI is InChI=1S/C20H23F2NO4S/c1-11(18(25)23-15-5-7-16(8-6-15)28-20(21)22)27-19(26)14-9-12-3-2-4-13(10-14)17(12)24/h5-8,11-14,20H,2-4,9-10H2,1H3,(H,23,25)/t11-,12-,13+,14?/m0/s1. The molecule has 2 saturated carbocycles. The predicted molar refractivity (Wildman–Crippen MR) is 101 cm³/mol. The molecule has 0 radical (unpaired) electrons. The van der Waals surface area contributed by atoms with E-state index < -0.39 is 23.7 Å². The number of hydrogen-bond donors (Lipinski definition) is 1. The van der Waals surface area contributed by atoms with Crippen LogP contribution >= 0.6 is 11.8 Å². The fraction of sp³-hybridized carbons (Fsp3) is 0.550. The molecule has 5 nitrogen and oxygen atoms in total. The molecule has 8 heteroatoms. The van der Waals surface area contributed by atoms with E-state index in [1.807, 2.05) is 0 Å². The van der Waals surface area contributed by atoms with E-state index in [0.29, 0.717) is 35.2 Å². The number of hydrogen-bond acceptors (Lipinski definition) is 5. The largest absolute Gasteiger partial charge is 0.452 e. The van der Waals surface area contributed by atoms with E-state index in [9.17, 15) is 23.2 Å². The molecule has 2 fully saturated rings. The highest BCUT2D eigenvalue weighted by atomic mass is 32.2. The van der Waals surface area contributed by atoms with E-state index in [4.69, 9.17) is 4.74 Å². The number of Topliss-reactive ketones (excluding diaryl/α,β-unsaturated/α-hetero) is 1. The summed E-state index contributed by atoms with van der Waals surface area (Å²) in [4.78, 5) is 37.3. The van der Waals surface area contributed by atoms with Gasteiger partial charge in [-0.2, -0.15) is 8.78 Å². The molecule has 1 unspecified atom stereocenters. The highest BCUT2D eigenvalue weighted by Crippen LogP contribution is 2.40. The van der Waals surface area contributed by atoms with Crippen LogP contribution in [0, 0.1) is 17.8 Å². The van der Waals surface area contributed by atoms with Crippen molar-refractivity contribution in [2.75, 3.05) is 5.32 Å². The van der Waals surface area contributed by atoms with Crippen molar-refractivity contribution in [3.8, 4) is 0 Å². The van der Waals surface area contributed by atoms with Crippen molar-refractivity contribution in [2.24, 2.45) is 17.8 Å². The van der Waals surface area contributed by atoms with E-state index >= 15 is 0 Å². The van der Waals surface area contributed by atoms with Gasteiger partial charge in [-0.1, -0.05) is 18.2 Å². The number of thioether (sulfide) groups is 1. The van der Waals surface area contributed by atoms with Crippen LogP contribution in [-0.2, 0) is 19.1 Å². The lowest BCUT2D eigenvalue weighted by Gasteiger charge is -2.36. The minimum absolute atomic E-state index is 0.0567. The molecule has 152 valence electrons. The Kier molecular flexibility index (Phi) is 6.69. The fourth-order valence-electron chi connectivity index (χ4n) is 3.96. The predicted octanol–water partition coefficient (Wildman–Crippen LogP) is 4.27. The second-order valence-corrected chi connectivity index (χ2v) is 8.43. The summed E-state index contributed by atoms with van der Waals surface area (Å²) in [6, 6.07) is 6.01. The Morgan fingerprint density at radius 1 is 1.14 bits per heavy atom. The maximum atomic E-state index is 12.5. The number of esters is 1. The van der Waals surface area contributed by atoms with Crippen LogP contribution in [0.25, 0.3) is 0 Å². The van der Waals surface area contributed by atoms with Gasteiger partial charge in [-0.05, 0) is 56.9 Å². The van der Waals surface area contributed by atoms with Gasteiger partial charge in [-0.15, -0.1) is 0 Å². The second kappa shape index (κ2) is 9.03. The molecule has 0 heterocycles. The normalized spacial score (nSPS) is 25.3. The lowest BCUT2D eigenvalue weighted by atomic mass is 9.67. The Labute approximate surface area is 166 Å². The zero-order valence-electron chi connectivity index (χ0n) is 15.5. The summed E-state index contributed by atoms with van der Waals surface area (Å²) in [7, 11) is 0. The lowest BCUT2D eigenvalue weighted by molar-refractivity contribution is -0.161. The zero-order valence-corrected chi connectivity index (χ0v) is 16.3. The molecule has 0 aromatic heterocycles. The van der Waals surface area contributed by atoms with Crippen LogP contribution in [0.15, 0.2) is 29.2 Å². The number of ketones is 1. The molecular formula is C20H23F2NO4S. The van der Waals surface area contributed by atoms with Gasteiger partial charge in [0.1, 0.15) is 5.78 Å². The van der Waals surface area contributed by atoms with Gasteiger partial charge >= 0.3 is 5.97 Å². The number of carbonyl (C=O) groups excluding carboxylic acids is 3. The van der Waals surface area contributed by atoms with Gasteiger partial charge in [-0.25, -0.2) is 0 Å². The zero-order chi connectivity index (χ0) is 20.3. The van der Waals surface area contributed by atoms with Crippen LogP contribution < -0.4 is 5.32 Å². The molecule has 2 bridgehead atoms. The summed E-state index contributed by atoms with van der Waals surface area (Å²) >= 11 is 0.424. The third-order valence-corrected chi connectivity index (χ3v) is 6.11. The van der Waals surface area contributed by atoms with Gasteiger partial charge in [0.2, 0.25) is 0 Å². The van der Waals surface area contributed by atoms with Crippen molar-refractivity contribution >= 4 is 35.1 Å². The first-order chi connectivity index (χ1) is 13.3. The Morgan fingerprint density at radius 3 is 2.32 bits per heavy atom. The number of carbonyl (C=O) groups is 3. The van der Waals surface area contributed by atoms with Crippen molar-refractivity contribution in [1.82, 2.24) is 0 Å². The van der Waals surface area contributed by atoms with Crippen LogP contribution in [0.2, 0.25) is 0 Å². The van der Waals surface area contributed by atoms with Crippen LogP contribution in [0.1, 0.15) is 39.0 Å². The summed E-state index contributed by atoms with van der Waals surface area (Å²) in [5.41, 5.74) is 0.435. The first-order valence-electron chi connectivity index (χ1n) is 9.43. The average Bonchev–Trinajstić information content (AvgIpc) is 2.62. The van der Waals surface area contributed by atoms with Crippen molar-refractivity contribution in [2.45, 2.75) is 55.8 Å². The topological polar surface area (TPSA) is 72.5 Å². The van der Waals surface area contributed by atoms with Crippen LogP contribution in [0.5, 0.6) is 0 Å².